The van der Waals surface area contributed by atoms with Gasteiger partial charge in [0.25, 0.3) is 0 Å². The molecule has 1 aromatic rings. The van der Waals surface area contributed by atoms with E-state index in [0.29, 0.717) is 16.6 Å². The molecule has 0 aliphatic carbocycles. The fourth-order valence-electron chi connectivity index (χ4n) is 2.62. The van der Waals surface area contributed by atoms with Gasteiger partial charge < -0.3 is 10.0 Å². The SMILES string of the molecule is N#Cc1cc(Cl)ccc1N1CCCCC1CCO. The van der Waals surface area contributed by atoms with E-state index in [4.69, 9.17) is 16.7 Å². The van der Waals surface area contributed by atoms with Crippen LogP contribution in [0.15, 0.2) is 18.2 Å². The molecule has 1 aliphatic rings. The Morgan fingerprint density at radius 2 is 2.28 bits per heavy atom. The molecule has 1 heterocycles. The summed E-state index contributed by atoms with van der Waals surface area (Å²) >= 11 is 5.92. The number of hydrogen-bond donors (Lipinski definition) is 1. The second kappa shape index (κ2) is 6.08. The molecule has 0 spiro atoms. The molecule has 0 bridgehead atoms. The number of nitrogens with zero attached hydrogens (tertiary/aromatic N) is 2. The van der Waals surface area contributed by atoms with E-state index in [1.165, 1.54) is 6.42 Å². The normalized spacial score (nSPS) is 19.6. The fourth-order valence-corrected chi connectivity index (χ4v) is 2.79. The van der Waals surface area contributed by atoms with Gasteiger partial charge in [-0.25, -0.2) is 0 Å². The number of rotatable bonds is 3. The quantitative estimate of drug-likeness (QED) is 0.913. The zero-order valence-electron chi connectivity index (χ0n) is 10.3. The topological polar surface area (TPSA) is 47.3 Å². The number of aliphatic hydroxyl groups is 1. The number of anilines is 1. The Labute approximate surface area is 113 Å². The molecule has 0 radical (unpaired) electrons. The molecule has 0 amide bonds. The lowest BCUT2D eigenvalue weighted by Crippen LogP contribution is -2.40. The molecule has 1 aromatic carbocycles. The third-order valence-corrected chi connectivity index (χ3v) is 3.71. The summed E-state index contributed by atoms with van der Waals surface area (Å²) in [4.78, 5) is 2.24. The molecule has 1 unspecified atom stereocenters. The molecule has 0 aromatic heterocycles. The number of nitriles is 1. The van der Waals surface area contributed by atoms with Gasteiger partial charge in [0, 0.05) is 24.2 Å². The van der Waals surface area contributed by atoms with Crippen LogP contribution in [-0.2, 0) is 0 Å². The molecule has 1 saturated heterocycles. The first kappa shape index (κ1) is 13.2. The average molecular weight is 265 g/mol. The largest absolute Gasteiger partial charge is 0.396 e. The van der Waals surface area contributed by atoms with Crippen LogP contribution < -0.4 is 4.90 Å². The Morgan fingerprint density at radius 1 is 1.44 bits per heavy atom. The number of piperidine rings is 1. The highest BCUT2D eigenvalue weighted by molar-refractivity contribution is 6.30. The van der Waals surface area contributed by atoms with Crippen LogP contribution in [0.5, 0.6) is 0 Å². The standard InChI is InChI=1S/C14H17ClN2O/c15-12-4-5-14(11(9-12)10-16)17-7-2-1-3-13(17)6-8-18/h4-5,9,13,18H,1-3,6-8H2. The van der Waals surface area contributed by atoms with Crippen molar-refractivity contribution in [2.75, 3.05) is 18.1 Å². The van der Waals surface area contributed by atoms with Crippen LogP contribution >= 0.6 is 11.6 Å². The van der Waals surface area contributed by atoms with Gasteiger partial charge in [-0.2, -0.15) is 5.26 Å². The number of hydrogen-bond acceptors (Lipinski definition) is 3. The van der Waals surface area contributed by atoms with Crippen LogP contribution in [0.4, 0.5) is 5.69 Å². The maximum Gasteiger partial charge on any atom is 0.101 e. The van der Waals surface area contributed by atoms with Crippen molar-refractivity contribution in [3.8, 4) is 6.07 Å². The van der Waals surface area contributed by atoms with Crippen molar-refractivity contribution in [2.45, 2.75) is 31.7 Å². The Balaban J connectivity index is 2.30. The van der Waals surface area contributed by atoms with E-state index < -0.39 is 0 Å². The van der Waals surface area contributed by atoms with Crippen molar-refractivity contribution in [1.82, 2.24) is 0 Å². The number of benzene rings is 1. The van der Waals surface area contributed by atoms with Crippen LogP contribution in [0.1, 0.15) is 31.2 Å². The summed E-state index contributed by atoms with van der Waals surface area (Å²) in [5.41, 5.74) is 1.56. The predicted molar refractivity (Wildman–Crippen MR) is 72.9 cm³/mol. The molecule has 3 nitrogen and oxygen atoms in total. The van der Waals surface area contributed by atoms with E-state index in [1.807, 2.05) is 12.1 Å². The lowest BCUT2D eigenvalue weighted by Gasteiger charge is -2.38. The maximum absolute atomic E-state index is 9.20. The fraction of sp³-hybridized carbons (Fsp3) is 0.500. The summed E-state index contributed by atoms with van der Waals surface area (Å²) < 4.78 is 0. The molecular formula is C14H17ClN2O. The summed E-state index contributed by atoms with van der Waals surface area (Å²) in [5.74, 6) is 0. The molecule has 0 saturated carbocycles. The van der Waals surface area contributed by atoms with Crippen molar-refractivity contribution >= 4 is 17.3 Å². The van der Waals surface area contributed by atoms with Gasteiger partial charge in [-0.1, -0.05) is 11.6 Å². The van der Waals surface area contributed by atoms with E-state index in [9.17, 15) is 5.26 Å². The van der Waals surface area contributed by atoms with E-state index in [-0.39, 0.29) is 6.61 Å². The zero-order chi connectivity index (χ0) is 13.0. The minimum absolute atomic E-state index is 0.191. The first-order valence-corrected chi connectivity index (χ1v) is 6.71. The molecule has 1 aliphatic heterocycles. The molecule has 1 N–H and O–H groups in total. The Kier molecular flexibility index (Phi) is 4.46. The monoisotopic (exact) mass is 264 g/mol. The van der Waals surface area contributed by atoms with Crippen molar-refractivity contribution in [1.29, 1.82) is 5.26 Å². The summed E-state index contributed by atoms with van der Waals surface area (Å²) in [5, 5.41) is 18.9. The molecule has 96 valence electrons. The molecule has 18 heavy (non-hydrogen) atoms. The minimum Gasteiger partial charge on any atom is -0.396 e. The summed E-state index contributed by atoms with van der Waals surface area (Å²) in [6.07, 6.45) is 4.16. The van der Waals surface area contributed by atoms with Crippen LogP contribution in [0, 0.1) is 11.3 Å². The van der Waals surface area contributed by atoms with Gasteiger partial charge >= 0.3 is 0 Å². The third-order valence-electron chi connectivity index (χ3n) is 3.48. The Hall–Kier alpha value is -1.24. The smallest absolute Gasteiger partial charge is 0.101 e. The van der Waals surface area contributed by atoms with Gasteiger partial charge in [-0.15, -0.1) is 0 Å². The van der Waals surface area contributed by atoms with Gasteiger partial charge in [0.15, 0.2) is 0 Å². The van der Waals surface area contributed by atoms with Crippen molar-refractivity contribution < 1.29 is 5.11 Å². The highest BCUT2D eigenvalue weighted by Gasteiger charge is 2.24. The summed E-state index contributed by atoms with van der Waals surface area (Å²) in [6, 6.07) is 7.98. The molecule has 2 rings (SSSR count). The molecule has 1 atom stereocenters. The van der Waals surface area contributed by atoms with Gasteiger partial charge in [-0.3, -0.25) is 0 Å². The predicted octanol–water partition coefficient (Wildman–Crippen LogP) is 2.95. The maximum atomic E-state index is 9.20. The second-order valence-electron chi connectivity index (χ2n) is 4.63. The summed E-state index contributed by atoms with van der Waals surface area (Å²) in [6.45, 7) is 1.14. The highest BCUT2D eigenvalue weighted by atomic mass is 35.5. The summed E-state index contributed by atoms with van der Waals surface area (Å²) in [7, 11) is 0. The first-order chi connectivity index (χ1) is 8.76. The first-order valence-electron chi connectivity index (χ1n) is 6.33. The molecular weight excluding hydrogens is 248 g/mol. The number of halogens is 1. The average Bonchev–Trinajstić information content (AvgIpc) is 2.40. The van der Waals surface area contributed by atoms with Gasteiger partial charge in [0.2, 0.25) is 0 Å². The van der Waals surface area contributed by atoms with Gasteiger partial charge in [-0.05, 0) is 43.9 Å². The molecule has 4 heteroatoms. The van der Waals surface area contributed by atoms with Crippen molar-refractivity contribution in [2.24, 2.45) is 0 Å². The lowest BCUT2D eigenvalue weighted by atomic mass is 9.97. The van der Waals surface area contributed by atoms with E-state index in [2.05, 4.69) is 11.0 Å². The van der Waals surface area contributed by atoms with Crippen LogP contribution in [-0.4, -0.2) is 24.3 Å². The minimum atomic E-state index is 0.191. The highest BCUT2D eigenvalue weighted by Crippen LogP contribution is 2.30. The van der Waals surface area contributed by atoms with Crippen molar-refractivity contribution in [3.05, 3.63) is 28.8 Å². The van der Waals surface area contributed by atoms with Crippen LogP contribution in [0.2, 0.25) is 5.02 Å². The zero-order valence-corrected chi connectivity index (χ0v) is 11.0. The van der Waals surface area contributed by atoms with Crippen LogP contribution in [0.25, 0.3) is 0 Å². The van der Waals surface area contributed by atoms with E-state index >= 15 is 0 Å². The third kappa shape index (κ3) is 2.77. The van der Waals surface area contributed by atoms with Gasteiger partial charge in [0.05, 0.1) is 11.3 Å². The Bertz CT molecular complexity index is 454. The van der Waals surface area contributed by atoms with Crippen molar-refractivity contribution in [3.63, 3.8) is 0 Å². The van der Waals surface area contributed by atoms with E-state index in [1.54, 1.807) is 6.07 Å². The van der Waals surface area contributed by atoms with E-state index in [0.717, 1.165) is 31.5 Å². The van der Waals surface area contributed by atoms with Crippen LogP contribution in [0.3, 0.4) is 0 Å². The number of aliphatic hydroxyl groups excluding tert-OH is 1. The Morgan fingerprint density at radius 3 is 3.00 bits per heavy atom. The molecule has 1 fully saturated rings. The lowest BCUT2D eigenvalue weighted by molar-refractivity contribution is 0.262. The van der Waals surface area contributed by atoms with Gasteiger partial charge in [0.1, 0.15) is 6.07 Å². The second-order valence-corrected chi connectivity index (χ2v) is 5.06.